The van der Waals surface area contributed by atoms with Crippen molar-refractivity contribution in [3.05, 3.63) is 106 Å². The van der Waals surface area contributed by atoms with Gasteiger partial charge in [-0.2, -0.15) is 0 Å². The fourth-order valence-electron chi connectivity index (χ4n) is 2.97. The van der Waals surface area contributed by atoms with E-state index in [9.17, 15) is 9.59 Å². The van der Waals surface area contributed by atoms with Gasteiger partial charge in [0, 0.05) is 22.3 Å². The van der Waals surface area contributed by atoms with Crippen LogP contribution in [0.1, 0.15) is 48.5 Å². The van der Waals surface area contributed by atoms with E-state index in [0.717, 1.165) is 16.7 Å². The molecule has 0 amide bonds. The maximum absolute atomic E-state index is 13.1. The standard InChI is InChI=1S/C23H20O2/c1-15-13-14-19(17(3)16(15)2)23(25)21-12-8-7-11-20(21)22(24)18-9-5-4-6-10-18/h4-14H,1-3H3. The first kappa shape index (κ1) is 16.8. The molecular formula is C23H20O2. The van der Waals surface area contributed by atoms with Crippen LogP contribution >= 0.6 is 0 Å². The van der Waals surface area contributed by atoms with Crippen LogP contribution in [0.15, 0.2) is 66.7 Å². The van der Waals surface area contributed by atoms with E-state index in [0.29, 0.717) is 22.3 Å². The second-order valence-corrected chi connectivity index (χ2v) is 6.25. The smallest absolute Gasteiger partial charge is 0.194 e. The van der Waals surface area contributed by atoms with E-state index >= 15 is 0 Å². The second-order valence-electron chi connectivity index (χ2n) is 6.25. The van der Waals surface area contributed by atoms with Gasteiger partial charge in [-0.3, -0.25) is 9.59 Å². The first-order chi connectivity index (χ1) is 12.0. The highest BCUT2D eigenvalue weighted by atomic mass is 16.1. The van der Waals surface area contributed by atoms with Crippen molar-refractivity contribution in [3.8, 4) is 0 Å². The third-order valence-corrected chi connectivity index (χ3v) is 4.75. The van der Waals surface area contributed by atoms with Gasteiger partial charge in [0.15, 0.2) is 11.6 Å². The molecule has 2 heteroatoms. The van der Waals surface area contributed by atoms with Gasteiger partial charge in [-0.15, -0.1) is 0 Å². The fraction of sp³-hybridized carbons (Fsp3) is 0.130. The van der Waals surface area contributed by atoms with Crippen LogP contribution in [0.5, 0.6) is 0 Å². The predicted molar refractivity (Wildman–Crippen MR) is 100 cm³/mol. The molecule has 0 saturated carbocycles. The van der Waals surface area contributed by atoms with Gasteiger partial charge >= 0.3 is 0 Å². The Kier molecular flexibility index (Phi) is 4.62. The van der Waals surface area contributed by atoms with Gasteiger partial charge < -0.3 is 0 Å². The number of hydrogen-bond donors (Lipinski definition) is 0. The Morgan fingerprint density at radius 1 is 0.560 bits per heavy atom. The Morgan fingerprint density at radius 2 is 1.12 bits per heavy atom. The molecule has 0 spiro atoms. The first-order valence-corrected chi connectivity index (χ1v) is 8.31. The lowest BCUT2D eigenvalue weighted by Crippen LogP contribution is -2.12. The van der Waals surface area contributed by atoms with E-state index < -0.39 is 0 Å². The number of rotatable bonds is 4. The Morgan fingerprint density at radius 3 is 1.76 bits per heavy atom. The molecule has 0 N–H and O–H groups in total. The van der Waals surface area contributed by atoms with Crippen molar-refractivity contribution in [2.75, 3.05) is 0 Å². The van der Waals surface area contributed by atoms with E-state index in [4.69, 9.17) is 0 Å². The zero-order chi connectivity index (χ0) is 18.0. The topological polar surface area (TPSA) is 34.1 Å². The molecule has 0 aromatic heterocycles. The normalized spacial score (nSPS) is 10.5. The van der Waals surface area contributed by atoms with Crippen molar-refractivity contribution in [1.82, 2.24) is 0 Å². The SMILES string of the molecule is Cc1ccc(C(=O)c2ccccc2C(=O)c2ccccc2)c(C)c1C. The first-order valence-electron chi connectivity index (χ1n) is 8.31. The number of benzene rings is 3. The van der Waals surface area contributed by atoms with E-state index in [1.807, 2.05) is 51.1 Å². The summed E-state index contributed by atoms with van der Waals surface area (Å²) < 4.78 is 0. The van der Waals surface area contributed by atoms with Gasteiger partial charge in [0.25, 0.3) is 0 Å². The summed E-state index contributed by atoms with van der Waals surface area (Å²) in [5, 5.41) is 0. The van der Waals surface area contributed by atoms with Crippen LogP contribution in [0.3, 0.4) is 0 Å². The highest BCUT2D eigenvalue weighted by molar-refractivity contribution is 6.20. The van der Waals surface area contributed by atoms with Gasteiger partial charge in [-0.25, -0.2) is 0 Å². The number of ketones is 2. The van der Waals surface area contributed by atoms with Crippen LogP contribution in [0.2, 0.25) is 0 Å². The minimum atomic E-state index is -0.133. The van der Waals surface area contributed by atoms with Crippen molar-refractivity contribution in [1.29, 1.82) is 0 Å². The number of carbonyl (C=O) groups is 2. The Hall–Kier alpha value is -3.00. The summed E-state index contributed by atoms with van der Waals surface area (Å²) in [6.45, 7) is 6.00. The molecule has 0 bridgehead atoms. The largest absolute Gasteiger partial charge is 0.289 e. The van der Waals surface area contributed by atoms with Crippen LogP contribution < -0.4 is 0 Å². The van der Waals surface area contributed by atoms with Crippen molar-refractivity contribution in [3.63, 3.8) is 0 Å². The maximum Gasteiger partial charge on any atom is 0.194 e. The summed E-state index contributed by atoms with van der Waals surface area (Å²) in [6, 6.07) is 19.9. The summed E-state index contributed by atoms with van der Waals surface area (Å²) in [4.78, 5) is 26.0. The average molecular weight is 328 g/mol. The molecule has 0 fully saturated rings. The Bertz CT molecular complexity index is 953. The van der Waals surface area contributed by atoms with Crippen LogP contribution in [-0.2, 0) is 0 Å². The lowest BCUT2D eigenvalue weighted by atomic mass is 9.89. The fourth-order valence-corrected chi connectivity index (χ4v) is 2.97. The quantitative estimate of drug-likeness (QED) is 0.626. The monoisotopic (exact) mass is 328 g/mol. The predicted octanol–water partition coefficient (Wildman–Crippen LogP) is 5.07. The molecule has 0 aliphatic heterocycles. The van der Waals surface area contributed by atoms with Gasteiger partial charge in [-0.05, 0) is 37.5 Å². The molecule has 3 aromatic carbocycles. The minimum absolute atomic E-state index is 0.111. The number of hydrogen-bond acceptors (Lipinski definition) is 2. The van der Waals surface area contributed by atoms with Crippen LogP contribution in [0.4, 0.5) is 0 Å². The lowest BCUT2D eigenvalue weighted by molar-refractivity contribution is 0.100. The summed E-state index contributed by atoms with van der Waals surface area (Å²) >= 11 is 0. The Labute approximate surface area is 148 Å². The molecule has 2 nitrogen and oxygen atoms in total. The molecule has 3 rings (SSSR count). The highest BCUT2D eigenvalue weighted by Crippen LogP contribution is 2.23. The molecule has 25 heavy (non-hydrogen) atoms. The highest BCUT2D eigenvalue weighted by Gasteiger charge is 2.20. The van der Waals surface area contributed by atoms with Crippen molar-refractivity contribution in [2.24, 2.45) is 0 Å². The molecular weight excluding hydrogens is 308 g/mol. The third-order valence-electron chi connectivity index (χ3n) is 4.75. The third kappa shape index (κ3) is 3.16. The second kappa shape index (κ2) is 6.86. The molecule has 0 heterocycles. The zero-order valence-electron chi connectivity index (χ0n) is 14.7. The van der Waals surface area contributed by atoms with Gasteiger partial charge in [0.1, 0.15) is 0 Å². The molecule has 0 radical (unpaired) electrons. The van der Waals surface area contributed by atoms with Gasteiger partial charge in [-0.1, -0.05) is 66.7 Å². The van der Waals surface area contributed by atoms with Crippen molar-refractivity contribution in [2.45, 2.75) is 20.8 Å². The lowest BCUT2D eigenvalue weighted by Gasteiger charge is -2.13. The molecule has 0 atom stereocenters. The van der Waals surface area contributed by atoms with E-state index in [-0.39, 0.29) is 11.6 Å². The average Bonchev–Trinajstić information content (AvgIpc) is 2.66. The van der Waals surface area contributed by atoms with Gasteiger partial charge in [0.2, 0.25) is 0 Å². The number of carbonyl (C=O) groups excluding carboxylic acids is 2. The molecule has 3 aromatic rings. The molecule has 0 aliphatic carbocycles. The molecule has 0 aliphatic rings. The molecule has 0 unspecified atom stereocenters. The van der Waals surface area contributed by atoms with Crippen LogP contribution in [0, 0.1) is 20.8 Å². The Balaban J connectivity index is 2.09. The van der Waals surface area contributed by atoms with Gasteiger partial charge in [0.05, 0.1) is 0 Å². The van der Waals surface area contributed by atoms with Crippen LogP contribution in [0.25, 0.3) is 0 Å². The summed E-state index contributed by atoms with van der Waals surface area (Å²) in [5.41, 5.74) is 5.35. The van der Waals surface area contributed by atoms with E-state index in [1.54, 1.807) is 36.4 Å². The minimum Gasteiger partial charge on any atom is -0.289 e. The number of aryl methyl sites for hydroxylation is 1. The van der Waals surface area contributed by atoms with Crippen LogP contribution in [-0.4, -0.2) is 11.6 Å². The molecule has 0 saturated heterocycles. The van der Waals surface area contributed by atoms with E-state index in [1.165, 1.54) is 0 Å². The maximum atomic E-state index is 13.1. The summed E-state index contributed by atoms with van der Waals surface area (Å²) in [5.74, 6) is -0.244. The van der Waals surface area contributed by atoms with E-state index in [2.05, 4.69) is 0 Å². The molecule has 124 valence electrons. The van der Waals surface area contributed by atoms with Crippen molar-refractivity contribution >= 4 is 11.6 Å². The zero-order valence-corrected chi connectivity index (χ0v) is 14.7. The van der Waals surface area contributed by atoms with Crippen molar-refractivity contribution < 1.29 is 9.59 Å². The summed E-state index contributed by atoms with van der Waals surface area (Å²) in [7, 11) is 0. The summed E-state index contributed by atoms with van der Waals surface area (Å²) in [6.07, 6.45) is 0.